The van der Waals surface area contributed by atoms with Crippen LogP contribution in [-0.2, 0) is 0 Å². The highest BCUT2D eigenvalue weighted by atomic mass is 32.1. The smallest absolute Gasteiger partial charge is 0.138 e. The van der Waals surface area contributed by atoms with Crippen LogP contribution in [0.2, 0.25) is 0 Å². The summed E-state index contributed by atoms with van der Waals surface area (Å²) in [5, 5.41) is 0.970. The third-order valence-electron chi connectivity index (χ3n) is 2.51. The maximum atomic E-state index is 5.33. The Kier molecular flexibility index (Phi) is 2.49. The second kappa shape index (κ2) is 4.14. The van der Waals surface area contributed by atoms with Gasteiger partial charge >= 0.3 is 0 Å². The summed E-state index contributed by atoms with van der Waals surface area (Å²) >= 11 is 1.63. The molecule has 84 valence electrons. The molecule has 3 nitrogen and oxygen atoms in total. The highest BCUT2D eigenvalue weighted by molar-refractivity contribution is 7.22. The maximum Gasteiger partial charge on any atom is 0.138 e. The van der Waals surface area contributed by atoms with Crippen molar-refractivity contribution in [2.45, 2.75) is 0 Å². The Morgan fingerprint density at radius 2 is 2.12 bits per heavy atom. The SMILES string of the molecule is COc1cccc2nc(-c3cccnc3)sc12. The zero-order valence-electron chi connectivity index (χ0n) is 9.25. The van der Waals surface area contributed by atoms with Crippen molar-refractivity contribution >= 4 is 21.6 Å². The van der Waals surface area contributed by atoms with Crippen LogP contribution in [0.15, 0.2) is 42.7 Å². The average Bonchev–Trinajstić information content (AvgIpc) is 2.83. The molecule has 0 fully saturated rings. The van der Waals surface area contributed by atoms with E-state index < -0.39 is 0 Å². The molecule has 0 amide bonds. The third kappa shape index (κ3) is 1.76. The Hall–Kier alpha value is -1.94. The lowest BCUT2D eigenvalue weighted by molar-refractivity contribution is 0.420. The predicted molar refractivity (Wildman–Crippen MR) is 69.4 cm³/mol. The zero-order chi connectivity index (χ0) is 11.7. The normalized spacial score (nSPS) is 10.6. The Bertz CT molecular complexity index is 649. The van der Waals surface area contributed by atoms with Gasteiger partial charge in [-0.1, -0.05) is 6.07 Å². The van der Waals surface area contributed by atoms with Crippen molar-refractivity contribution in [1.82, 2.24) is 9.97 Å². The molecule has 0 aliphatic carbocycles. The topological polar surface area (TPSA) is 35.0 Å². The van der Waals surface area contributed by atoms with E-state index in [0.717, 1.165) is 26.5 Å². The number of hydrogen-bond donors (Lipinski definition) is 0. The van der Waals surface area contributed by atoms with Gasteiger partial charge < -0.3 is 4.74 Å². The molecule has 3 aromatic rings. The number of fused-ring (bicyclic) bond motifs is 1. The quantitative estimate of drug-likeness (QED) is 0.691. The number of pyridine rings is 1. The first kappa shape index (κ1) is 10.2. The van der Waals surface area contributed by atoms with E-state index in [-0.39, 0.29) is 0 Å². The Labute approximate surface area is 103 Å². The van der Waals surface area contributed by atoms with Gasteiger partial charge in [0, 0.05) is 18.0 Å². The number of aromatic nitrogens is 2. The van der Waals surface area contributed by atoms with Crippen LogP contribution in [0.5, 0.6) is 5.75 Å². The molecule has 0 spiro atoms. The first-order valence-electron chi connectivity index (χ1n) is 5.22. The molecule has 0 atom stereocenters. The standard InChI is InChI=1S/C13H10N2OS/c1-16-11-6-2-5-10-12(11)17-13(15-10)9-4-3-7-14-8-9/h2-8H,1H3. The lowest BCUT2D eigenvalue weighted by atomic mass is 10.3. The summed E-state index contributed by atoms with van der Waals surface area (Å²) in [5.74, 6) is 0.871. The molecule has 0 bridgehead atoms. The number of hydrogen-bond acceptors (Lipinski definition) is 4. The van der Waals surface area contributed by atoms with Gasteiger partial charge in [0.1, 0.15) is 10.8 Å². The van der Waals surface area contributed by atoms with Gasteiger partial charge in [0.25, 0.3) is 0 Å². The zero-order valence-corrected chi connectivity index (χ0v) is 10.1. The fourth-order valence-corrected chi connectivity index (χ4v) is 2.74. The Morgan fingerprint density at radius 3 is 2.88 bits per heavy atom. The second-order valence-electron chi connectivity index (χ2n) is 3.57. The monoisotopic (exact) mass is 242 g/mol. The van der Waals surface area contributed by atoms with E-state index in [9.17, 15) is 0 Å². The molecule has 0 N–H and O–H groups in total. The molecule has 0 aliphatic heterocycles. The number of nitrogens with zero attached hydrogens (tertiary/aromatic N) is 2. The minimum absolute atomic E-state index is 0.871. The van der Waals surface area contributed by atoms with Gasteiger partial charge in [-0.15, -0.1) is 11.3 Å². The van der Waals surface area contributed by atoms with Gasteiger partial charge in [0.2, 0.25) is 0 Å². The van der Waals surface area contributed by atoms with E-state index >= 15 is 0 Å². The molecule has 2 heterocycles. The van der Waals surface area contributed by atoms with Crippen LogP contribution >= 0.6 is 11.3 Å². The number of thiazole rings is 1. The molecular weight excluding hydrogens is 232 g/mol. The van der Waals surface area contributed by atoms with Gasteiger partial charge in [0.15, 0.2) is 0 Å². The van der Waals surface area contributed by atoms with Gasteiger partial charge in [-0.25, -0.2) is 4.98 Å². The second-order valence-corrected chi connectivity index (χ2v) is 4.57. The van der Waals surface area contributed by atoms with E-state index in [1.807, 2.05) is 36.5 Å². The number of methoxy groups -OCH3 is 1. The van der Waals surface area contributed by atoms with Gasteiger partial charge in [-0.3, -0.25) is 4.98 Å². The summed E-state index contributed by atoms with van der Waals surface area (Å²) in [7, 11) is 1.68. The number of ether oxygens (including phenoxy) is 1. The van der Waals surface area contributed by atoms with Crippen molar-refractivity contribution < 1.29 is 4.74 Å². The third-order valence-corrected chi connectivity index (χ3v) is 3.64. The molecule has 1 aromatic carbocycles. The largest absolute Gasteiger partial charge is 0.495 e. The molecule has 2 aromatic heterocycles. The molecule has 17 heavy (non-hydrogen) atoms. The van der Waals surface area contributed by atoms with Crippen molar-refractivity contribution in [3.8, 4) is 16.3 Å². The van der Waals surface area contributed by atoms with Crippen LogP contribution in [0.4, 0.5) is 0 Å². The van der Waals surface area contributed by atoms with Crippen molar-refractivity contribution in [2.24, 2.45) is 0 Å². The highest BCUT2D eigenvalue weighted by Gasteiger charge is 2.09. The van der Waals surface area contributed by atoms with E-state index in [2.05, 4.69) is 9.97 Å². The lowest BCUT2D eigenvalue weighted by Crippen LogP contribution is -1.81. The minimum atomic E-state index is 0.871. The lowest BCUT2D eigenvalue weighted by Gasteiger charge is -1.97. The molecule has 4 heteroatoms. The van der Waals surface area contributed by atoms with Crippen molar-refractivity contribution in [3.63, 3.8) is 0 Å². The first-order chi connectivity index (χ1) is 8.38. The summed E-state index contributed by atoms with van der Waals surface area (Å²) in [5.41, 5.74) is 2.00. The number of benzene rings is 1. The van der Waals surface area contributed by atoms with Crippen molar-refractivity contribution in [1.29, 1.82) is 0 Å². The fraction of sp³-hybridized carbons (Fsp3) is 0.0769. The molecule has 0 unspecified atom stereocenters. The highest BCUT2D eigenvalue weighted by Crippen LogP contribution is 2.35. The fourth-order valence-electron chi connectivity index (χ4n) is 1.70. The summed E-state index contributed by atoms with van der Waals surface area (Å²) < 4.78 is 6.41. The summed E-state index contributed by atoms with van der Waals surface area (Å²) in [4.78, 5) is 8.70. The van der Waals surface area contributed by atoms with E-state index in [1.54, 1.807) is 24.6 Å². The van der Waals surface area contributed by atoms with Crippen LogP contribution in [0.3, 0.4) is 0 Å². The average molecular weight is 242 g/mol. The predicted octanol–water partition coefficient (Wildman–Crippen LogP) is 3.37. The molecule has 0 saturated heterocycles. The van der Waals surface area contributed by atoms with Crippen molar-refractivity contribution in [3.05, 3.63) is 42.7 Å². The van der Waals surface area contributed by atoms with Gasteiger partial charge in [-0.2, -0.15) is 0 Å². The number of rotatable bonds is 2. The van der Waals surface area contributed by atoms with E-state index in [4.69, 9.17) is 4.74 Å². The molecular formula is C13H10N2OS. The van der Waals surface area contributed by atoms with E-state index in [0.29, 0.717) is 0 Å². The molecule has 3 rings (SSSR count). The van der Waals surface area contributed by atoms with Crippen LogP contribution < -0.4 is 4.74 Å². The first-order valence-corrected chi connectivity index (χ1v) is 6.04. The van der Waals surface area contributed by atoms with Crippen LogP contribution in [0.25, 0.3) is 20.8 Å². The molecule has 0 aliphatic rings. The molecule has 0 saturated carbocycles. The van der Waals surface area contributed by atoms with Gasteiger partial charge in [0.05, 0.1) is 17.3 Å². The Balaban J connectivity index is 2.20. The van der Waals surface area contributed by atoms with Crippen molar-refractivity contribution in [2.75, 3.05) is 7.11 Å². The minimum Gasteiger partial charge on any atom is -0.495 e. The summed E-state index contributed by atoms with van der Waals surface area (Å²) in [6.45, 7) is 0. The summed E-state index contributed by atoms with van der Waals surface area (Å²) in [6.07, 6.45) is 3.58. The van der Waals surface area contributed by atoms with Crippen LogP contribution in [0.1, 0.15) is 0 Å². The maximum absolute atomic E-state index is 5.33. The van der Waals surface area contributed by atoms with Gasteiger partial charge in [-0.05, 0) is 24.3 Å². The van der Waals surface area contributed by atoms with E-state index in [1.165, 1.54) is 0 Å². The Morgan fingerprint density at radius 1 is 1.18 bits per heavy atom. The van der Waals surface area contributed by atoms with Crippen LogP contribution in [-0.4, -0.2) is 17.1 Å². The summed E-state index contributed by atoms with van der Waals surface area (Å²) in [6, 6.07) is 9.82. The molecule has 0 radical (unpaired) electrons. The van der Waals surface area contributed by atoms with Crippen LogP contribution in [0, 0.1) is 0 Å².